The maximum atomic E-state index is 10.3. The molecule has 1 amide bonds. The van der Waals surface area contributed by atoms with Crippen molar-refractivity contribution < 1.29 is 13.2 Å². The van der Waals surface area contributed by atoms with Crippen LogP contribution in [0.5, 0.6) is 0 Å². The van der Waals surface area contributed by atoms with E-state index in [0.29, 0.717) is 0 Å². The number of rotatable bonds is 3. The predicted octanol–water partition coefficient (Wildman–Crippen LogP) is -1.03. The highest BCUT2D eigenvalue weighted by molar-refractivity contribution is 7.71. The molecule has 5 heteroatoms. The third-order valence-corrected chi connectivity index (χ3v) is 1.12. The van der Waals surface area contributed by atoms with Gasteiger partial charge in [0.1, 0.15) is 0 Å². The van der Waals surface area contributed by atoms with Gasteiger partial charge in [0.25, 0.3) is 0 Å². The fraction of sp³-hybridized carbons (Fsp3) is 0.200. The molecule has 0 aromatic carbocycles. The van der Waals surface area contributed by atoms with Crippen molar-refractivity contribution in [3.05, 3.63) is 12.7 Å². The molecule has 56 valence electrons. The Labute approximate surface area is 60.1 Å². The lowest BCUT2D eigenvalue weighted by atomic mass is 10.6. The van der Waals surface area contributed by atoms with Crippen molar-refractivity contribution in [1.29, 1.82) is 0 Å². The standard InChI is InChI=1S/C5H7NO3S/c1-2-5(7)6-3-4-10(8)9/h2,4H,1,3H2,(H,6,7). The summed E-state index contributed by atoms with van der Waals surface area (Å²) in [7, 11) is -2.21. The van der Waals surface area contributed by atoms with Gasteiger partial charge in [0.15, 0.2) is 0 Å². The lowest BCUT2D eigenvalue weighted by molar-refractivity contribution is -0.116. The summed E-state index contributed by atoms with van der Waals surface area (Å²) in [5.41, 5.74) is 0. The molecule has 0 aliphatic carbocycles. The Hall–Kier alpha value is -1.10. The summed E-state index contributed by atoms with van der Waals surface area (Å²) < 4.78 is 19.7. The third-order valence-electron chi connectivity index (χ3n) is 0.681. The molecule has 0 saturated carbocycles. The summed E-state index contributed by atoms with van der Waals surface area (Å²) in [6, 6.07) is 0. The SMILES string of the molecule is C=CC(=O)NCC=S(=O)=O. The Kier molecular flexibility index (Phi) is 4.23. The summed E-state index contributed by atoms with van der Waals surface area (Å²) in [6.07, 6.45) is 1.07. The highest BCUT2D eigenvalue weighted by atomic mass is 32.2. The van der Waals surface area contributed by atoms with Crippen LogP contribution in [0.1, 0.15) is 0 Å². The van der Waals surface area contributed by atoms with Crippen LogP contribution in [-0.4, -0.2) is 26.2 Å². The molecule has 10 heavy (non-hydrogen) atoms. The third kappa shape index (κ3) is 5.04. The minimum Gasteiger partial charge on any atom is -0.348 e. The molecule has 0 atom stereocenters. The van der Waals surface area contributed by atoms with E-state index in [-0.39, 0.29) is 12.5 Å². The summed E-state index contributed by atoms with van der Waals surface area (Å²) in [5, 5.41) is 3.20. The fourth-order valence-electron chi connectivity index (χ4n) is 0.282. The Morgan fingerprint density at radius 1 is 1.60 bits per heavy atom. The number of carbonyl (C=O) groups excluding carboxylic acids is 1. The molecule has 0 rings (SSSR count). The van der Waals surface area contributed by atoms with Gasteiger partial charge < -0.3 is 5.32 Å². The van der Waals surface area contributed by atoms with Crippen molar-refractivity contribution in [2.75, 3.05) is 6.54 Å². The second-order valence-electron chi connectivity index (χ2n) is 1.38. The lowest BCUT2D eigenvalue weighted by Gasteiger charge is -1.90. The van der Waals surface area contributed by atoms with Crippen LogP contribution in [-0.2, 0) is 15.1 Å². The van der Waals surface area contributed by atoms with E-state index in [0.717, 1.165) is 11.4 Å². The molecule has 0 heterocycles. The van der Waals surface area contributed by atoms with Gasteiger partial charge in [-0.15, -0.1) is 0 Å². The first-order chi connectivity index (χ1) is 4.66. The zero-order valence-corrected chi connectivity index (χ0v) is 6.02. The Balaban J connectivity index is 3.67. The molecule has 0 aliphatic rings. The molecule has 0 radical (unpaired) electrons. The molecule has 0 aliphatic heterocycles. The molecule has 0 unspecified atom stereocenters. The van der Waals surface area contributed by atoms with E-state index in [9.17, 15) is 13.2 Å². The average Bonchev–Trinajstić information content (AvgIpc) is 1.87. The average molecular weight is 161 g/mol. The Morgan fingerprint density at radius 3 is 2.60 bits per heavy atom. The van der Waals surface area contributed by atoms with E-state index in [1.54, 1.807) is 0 Å². The topological polar surface area (TPSA) is 63.2 Å². The van der Waals surface area contributed by atoms with Crippen molar-refractivity contribution in [3.63, 3.8) is 0 Å². The Morgan fingerprint density at radius 2 is 2.20 bits per heavy atom. The highest BCUT2D eigenvalue weighted by Gasteiger charge is 1.87. The van der Waals surface area contributed by atoms with Crippen LogP contribution in [0.15, 0.2) is 12.7 Å². The zero-order valence-electron chi connectivity index (χ0n) is 5.20. The molecule has 0 aromatic heterocycles. The monoisotopic (exact) mass is 161 g/mol. The fourth-order valence-corrected chi connectivity index (χ4v) is 0.502. The van der Waals surface area contributed by atoms with Gasteiger partial charge in [0.05, 0.1) is 11.9 Å². The van der Waals surface area contributed by atoms with Gasteiger partial charge in [-0.2, -0.15) is 8.42 Å². The summed E-state index contributed by atoms with van der Waals surface area (Å²) in [6.45, 7) is 3.19. The first-order valence-electron chi connectivity index (χ1n) is 2.48. The molecular weight excluding hydrogens is 154 g/mol. The van der Waals surface area contributed by atoms with Gasteiger partial charge in [-0.25, -0.2) is 0 Å². The first kappa shape index (κ1) is 8.90. The largest absolute Gasteiger partial charge is 0.348 e. The summed E-state index contributed by atoms with van der Waals surface area (Å²) in [5.74, 6) is -0.387. The molecular formula is C5H7NO3S. The van der Waals surface area contributed by atoms with Crippen molar-refractivity contribution >= 4 is 21.6 Å². The number of amides is 1. The zero-order chi connectivity index (χ0) is 7.98. The van der Waals surface area contributed by atoms with Gasteiger partial charge in [0, 0.05) is 0 Å². The van der Waals surface area contributed by atoms with E-state index < -0.39 is 10.3 Å². The molecule has 0 spiro atoms. The van der Waals surface area contributed by atoms with Crippen LogP contribution in [0, 0.1) is 0 Å². The first-order valence-corrected chi connectivity index (χ1v) is 3.62. The van der Waals surface area contributed by atoms with Crippen molar-refractivity contribution in [1.82, 2.24) is 5.32 Å². The lowest BCUT2D eigenvalue weighted by Crippen LogP contribution is -2.22. The molecule has 0 aromatic rings. The van der Waals surface area contributed by atoms with Crippen LogP contribution in [0.3, 0.4) is 0 Å². The number of nitrogens with one attached hydrogen (secondary N) is 1. The minimum absolute atomic E-state index is 0.0148. The quantitative estimate of drug-likeness (QED) is 0.425. The second kappa shape index (κ2) is 4.75. The van der Waals surface area contributed by atoms with Crippen LogP contribution >= 0.6 is 0 Å². The molecule has 0 bridgehead atoms. The van der Waals surface area contributed by atoms with Gasteiger partial charge in [-0.3, -0.25) is 4.79 Å². The maximum Gasteiger partial charge on any atom is 0.243 e. The van der Waals surface area contributed by atoms with Crippen LogP contribution in [0.2, 0.25) is 0 Å². The van der Waals surface area contributed by atoms with E-state index in [2.05, 4.69) is 11.9 Å². The second-order valence-corrected chi connectivity index (χ2v) is 2.23. The van der Waals surface area contributed by atoms with E-state index in [4.69, 9.17) is 0 Å². The van der Waals surface area contributed by atoms with Gasteiger partial charge >= 0.3 is 0 Å². The smallest absolute Gasteiger partial charge is 0.243 e. The summed E-state index contributed by atoms with van der Waals surface area (Å²) >= 11 is 0. The van der Waals surface area contributed by atoms with Gasteiger partial charge in [-0.1, -0.05) is 6.58 Å². The van der Waals surface area contributed by atoms with E-state index >= 15 is 0 Å². The molecule has 0 saturated heterocycles. The number of hydrogen-bond acceptors (Lipinski definition) is 3. The predicted molar refractivity (Wildman–Crippen MR) is 38.2 cm³/mol. The van der Waals surface area contributed by atoms with Gasteiger partial charge in [-0.05, 0) is 6.08 Å². The summed E-state index contributed by atoms with van der Waals surface area (Å²) in [4.78, 5) is 10.3. The number of hydrogen-bond donors (Lipinski definition) is 1. The van der Waals surface area contributed by atoms with Crippen LogP contribution < -0.4 is 5.32 Å². The van der Waals surface area contributed by atoms with Crippen molar-refractivity contribution in [2.45, 2.75) is 0 Å². The molecule has 0 fully saturated rings. The highest BCUT2D eigenvalue weighted by Crippen LogP contribution is 1.61. The van der Waals surface area contributed by atoms with Crippen LogP contribution in [0.4, 0.5) is 0 Å². The van der Waals surface area contributed by atoms with Crippen molar-refractivity contribution in [2.24, 2.45) is 0 Å². The number of carbonyl (C=O) groups is 1. The Bertz CT molecular complexity index is 244. The maximum absolute atomic E-state index is 10.3. The molecule has 4 nitrogen and oxygen atoms in total. The van der Waals surface area contributed by atoms with E-state index in [1.807, 2.05) is 0 Å². The van der Waals surface area contributed by atoms with E-state index in [1.165, 1.54) is 0 Å². The minimum atomic E-state index is -2.21. The normalized spacial score (nSPS) is 8.00. The van der Waals surface area contributed by atoms with Crippen LogP contribution in [0.25, 0.3) is 0 Å². The van der Waals surface area contributed by atoms with Gasteiger partial charge in [0.2, 0.25) is 16.2 Å². The van der Waals surface area contributed by atoms with Crippen molar-refractivity contribution in [3.8, 4) is 0 Å². The molecule has 1 N–H and O–H groups in total.